The van der Waals surface area contributed by atoms with Crippen molar-refractivity contribution in [3.05, 3.63) is 132 Å². The van der Waals surface area contributed by atoms with Crippen molar-refractivity contribution in [2.24, 2.45) is 5.10 Å². The van der Waals surface area contributed by atoms with Gasteiger partial charge in [-0.05, 0) is 84.3 Å². The molecule has 6 rings (SSSR count). The highest BCUT2D eigenvalue weighted by Crippen LogP contribution is 2.30. The summed E-state index contributed by atoms with van der Waals surface area (Å²) in [7, 11) is -4.40. The lowest BCUT2D eigenvalue weighted by molar-refractivity contribution is -0.121. The molecular formula is C52H64N10O9S. The van der Waals surface area contributed by atoms with E-state index in [2.05, 4.69) is 85.8 Å². The Morgan fingerprint density at radius 3 is 2.10 bits per heavy atom. The van der Waals surface area contributed by atoms with Gasteiger partial charge in [-0.1, -0.05) is 92.7 Å². The summed E-state index contributed by atoms with van der Waals surface area (Å²) in [4.78, 5) is 33.7. The first-order valence-electron chi connectivity index (χ1n) is 24.1. The second-order valence-corrected chi connectivity index (χ2v) is 18.7. The lowest BCUT2D eigenvalue weighted by Gasteiger charge is -2.23. The summed E-state index contributed by atoms with van der Waals surface area (Å²) in [5.41, 5.74) is 7.01. The maximum atomic E-state index is 12.5. The molecule has 3 aromatic heterocycles. The molecule has 0 atom stereocenters. The molecule has 3 aromatic carbocycles. The first kappa shape index (κ1) is 54.4. The average molecular weight is 1010 g/mol. The normalized spacial score (nSPS) is 11.7. The molecule has 0 unspecified atom stereocenters. The third kappa shape index (κ3) is 18.3. The number of amides is 2. The summed E-state index contributed by atoms with van der Waals surface area (Å²) in [5.74, 6) is 1.42. The number of anilines is 1. The number of hydrogen-bond donors (Lipinski definition) is 4. The molecule has 0 aliphatic heterocycles. The summed E-state index contributed by atoms with van der Waals surface area (Å²) in [6.45, 7) is 8.91. The van der Waals surface area contributed by atoms with Gasteiger partial charge >= 0.3 is 0 Å². The van der Waals surface area contributed by atoms with Crippen LogP contribution in [0.25, 0.3) is 22.4 Å². The number of nitrogens with zero attached hydrogens (tertiary/aromatic N) is 7. The van der Waals surface area contributed by atoms with E-state index in [0.717, 1.165) is 47.5 Å². The van der Waals surface area contributed by atoms with E-state index < -0.39 is 10.1 Å². The summed E-state index contributed by atoms with van der Waals surface area (Å²) in [6, 6.07) is 33.5. The van der Waals surface area contributed by atoms with Crippen LogP contribution >= 0.6 is 0 Å². The third-order valence-electron chi connectivity index (χ3n) is 11.2. The van der Waals surface area contributed by atoms with Gasteiger partial charge in [0.2, 0.25) is 11.8 Å². The smallest absolute Gasteiger partial charge is 0.295 e. The standard InChI is InChI=1S/C52H64N10O9S/c1-52(2,25-11-12-31-71-49-37-44(40-16-5-3-6-17-40)36-45(57-49)41-18-7-4-8-19-41)51-59-60-61-62(51)28-13-22-48(63)53-26-14-29-68-32-34-70-35-33-69-30-15-27-54-50(64)43-23-24-47(55-38-43)58-56-39-42-20-9-10-21-46(42)72(65,66)67/h3-10,16-21,23-24,36-39H,11-15,22,25-35H2,1-2H3,(H,53,63)(H,54,64)(H,55,58)(H,65,66,67)/b56-39+. The molecule has 0 saturated carbocycles. The SMILES string of the molecule is CC(C)(CCCCOc1cc(-c2ccccc2)cc(-c2ccccc2)n1)c1nnnn1CCCC(=O)NCCCOCCOCCOCCCNC(=O)c1ccc(N/N=C/c2ccccc2S(=O)(=O)O)nc1. The highest BCUT2D eigenvalue weighted by molar-refractivity contribution is 7.86. The van der Waals surface area contributed by atoms with Crippen molar-refractivity contribution < 1.29 is 41.5 Å². The number of hydrogen-bond acceptors (Lipinski definition) is 15. The Hall–Kier alpha value is -6.97. The van der Waals surface area contributed by atoms with Gasteiger partial charge < -0.3 is 29.6 Å². The maximum absolute atomic E-state index is 12.5. The van der Waals surface area contributed by atoms with E-state index in [0.29, 0.717) is 109 Å². The Morgan fingerprint density at radius 2 is 1.40 bits per heavy atom. The molecule has 4 N–H and O–H groups in total. The fourth-order valence-electron chi connectivity index (χ4n) is 7.42. The Kier molecular flexibility index (Phi) is 21.7. The highest BCUT2D eigenvalue weighted by Gasteiger charge is 2.27. The zero-order valence-electron chi connectivity index (χ0n) is 40.8. The lowest BCUT2D eigenvalue weighted by Crippen LogP contribution is -2.26. The largest absolute Gasteiger partial charge is 0.478 e. The molecule has 0 bridgehead atoms. The maximum Gasteiger partial charge on any atom is 0.295 e. The van der Waals surface area contributed by atoms with E-state index >= 15 is 0 Å². The molecule has 2 amide bonds. The number of unbranched alkanes of at least 4 members (excludes halogenated alkanes) is 1. The second-order valence-electron chi connectivity index (χ2n) is 17.3. The Morgan fingerprint density at radius 1 is 0.736 bits per heavy atom. The molecule has 72 heavy (non-hydrogen) atoms. The molecule has 0 aliphatic rings. The molecule has 20 heteroatoms. The number of carbonyl (C=O) groups excluding carboxylic acids is 2. The van der Waals surface area contributed by atoms with Gasteiger partial charge in [0.25, 0.3) is 16.0 Å². The molecule has 0 saturated heterocycles. The van der Waals surface area contributed by atoms with Crippen LogP contribution in [-0.4, -0.2) is 121 Å². The summed E-state index contributed by atoms with van der Waals surface area (Å²) in [6.07, 6.45) is 7.52. The van der Waals surface area contributed by atoms with Crippen LogP contribution in [0, 0.1) is 0 Å². The lowest BCUT2D eigenvalue weighted by atomic mass is 9.86. The van der Waals surface area contributed by atoms with Crippen molar-refractivity contribution >= 4 is 34.0 Å². The van der Waals surface area contributed by atoms with Crippen molar-refractivity contribution in [1.29, 1.82) is 0 Å². The molecule has 3 heterocycles. The number of pyridine rings is 2. The average Bonchev–Trinajstić information content (AvgIpc) is 3.87. The second kappa shape index (κ2) is 28.8. The Bertz CT molecular complexity index is 2670. The molecule has 6 aromatic rings. The van der Waals surface area contributed by atoms with E-state index in [-0.39, 0.29) is 27.7 Å². The number of nitrogens with one attached hydrogen (secondary N) is 3. The number of carbonyl (C=O) groups is 2. The van der Waals surface area contributed by atoms with Gasteiger partial charge in [-0.25, -0.2) is 14.6 Å². The number of ether oxygens (including phenoxy) is 4. The van der Waals surface area contributed by atoms with Crippen molar-refractivity contribution in [3.8, 4) is 28.3 Å². The molecule has 0 spiro atoms. The van der Waals surface area contributed by atoms with Crippen LogP contribution in [0.1, 0.15) is 80.5 Å². The molecule has 0 aliphatic carbocycles. The minimum atomic E-state index is -4.40. The van der Waals surface area contributed by atoms with Gasteiger partial charge in [0, 0.05) is 68.1 Å². The van der Waals surface area contributed by atoms with E-state index in [4.69, 9.17) is 23.9 Å². The molecule has 0 fully saturated rings. The van der Waals surface area contributed by atoms with Crippen LogP contribution in [0.15, 0.2) is 125 Å². The van der Waals surface area contributed by atoms with Crippen molar-refractivity contribution in [3.63, 3.8) is 0 Å². The Labute approximate surface area is 420 Å². The fourth-order valence-corrected chi connectivity index (χ4v) is 8.08. The molecule has 0 radical (unpaired) electrons. The minimum absolute atomic E-state index is 0.0261. The molecule has 382 valence electrons. The number of tetrazole rings is 1. The van der Waals surface area contributed by atoms with Crippen LogP contribution in [-0.2, 0) is 41.1 Å². The predicted octanol–water partition coefficient (Wildman–Crippen LogP) is 7.17. The topological polar surface area (TPSA) is 243 Å². The summed E-state index contributed by atoms with van der Waals surface area (Å²) < 4.78 is 57.2. The van der Waals surface area contributed by atoms with Crippen LogP contribution in [0.4, 0.5) is 5.82 Å². The van der Waals surface area contributed by atoms with Crippen LogP contribution < -0.4 is 20.8 Å². The van der Waals surface area contributed by atoms with Crippen molar-refractivity contribution in [1.82, 2.24) is 40.8 Å². The van der Waals surface area contributed by atoms with E-state index in [1.54, 1.807) is 18.2 Å². The van der Waals surface area contributed by atoms with Gasteiger partial charge in [-0.15, -0.1) is 5.10 Å². The van der Waals surface area contributed by atoms with Gasteiger partial charge in [-0.2, -0.15) is 13.5 Å². The summed E-state index contributed by atoms with van der Waals surface area (Å²) >= 11 is 0. The minimum Gasteiger partial charge on any atom is -0.478 e. The number of aromatic nitrogens is 6. The van der Waals surface area contributed by atoms with Crippen LogP contribution in [0.3, 0.4) is 0 Å². The quantitative estimate of drug-likeness (QED) is 0.0142. The molecular weight excluding hydrogens is 941 g/mol. The first-order valence-corrected chi connectivity index (χ1v) is 25.5. The predicted molar refractivity (Wildman–Crippen MR) is 273 cm³/mol. The number of aryl methyl sites for hydroxylation is 1. The first-order chi connectivity index (χ1) is 35.0. The number of benzene rings is 3. The van der Waals surface area contributed by atoms with E-state index in [1.165, 1.54) is 30.6 Å². The molecule has 19 nitrogen and oxygen atoms in total. The Balaban J connectivity index is 0.739. The van der Waals surface area contributed by atoms with Crippen LogP contribution in [0.5, 0.6) is 5.88 Å². The fraction of sp³-hybridized carbons (Fsp3) is 0.385. The van der Waals surface area contributed by atoms with Gasteiger partial charge in [0.1, 0.15) is 10.7 Å². The van der Waals surface area contributed by atoms with Crippen molar-refractivity contribution in [2.75, 3.05) is 64.8 Å². The van der Waals surface area contributed by atoms with E-state index in [1.807, 2.05) is 47.1 Å². The van der Waals surface area contributed by atoms with Gasteiger partial charge in [-0.3, -0.25) is 19.6 Å². The van der Waals surface area contributed by atoms with Crippen molar-refractivity contribution in [2.45, 2.75) is 75.6 Å². The van der Waals surface area contributed by atoms with E-state index in [9.17, 15) is 22.6 Å². The van der Waals surface area contributed by atoms with Gasteiger partial charge in [0.05, 0.1) is 50.5 Å². The zero-order valence-corrected chi connectivity index (χ0v) is 41.6. The zero-order chi connectivity index (χ0) is 50.9. The van der Waals surface area contributed by atoms with Gasteiger partial charge in [0.15, 0.2) is 5.82 Å². The number of rotatable bonds is 32. The third-order valence-corrected chi connectivity index (χ3v) is 12.2. The highest BCUT2D eigenvalue weighted by atomic mass is 32.2. The number of hydrazone groups is 1. The monoisotopic (exact) mass is 1000 g/mol. The summed E-state index contributed by atoms with van der Waals surface area (Å²) in [5, 5.41) is 22.3. The van der Waals surface area contributed by atoms with Crippen LogP contribution in [0.2, 0.25) is 0 Å².